The molecule has 21 heavy (non-hydrogen) atoms. The topological polar surface area (TPSA) is 35.5 Å². The van der Waals surface area contributed by atoms with Gasteiger partial charge in [0.15, 0.2) is 0 Å². The monoisotopic (exact) mass is 465 g/mol. The largest absolute Gasteiger partial charge is 0.393 e. The van der Waals surface area contributed by atoms with E-state index in [0.717, 1.165) is 20.2 Å². The van der Waals surface area contributed by atoms with E-state index in [1.165, 1.54) is 0 Å². The number of anilines is 1. The number of benzene rings is 1. The van der Waals surface area contributed by atoms with Gasteiger partial charge in [-0.2, -0.15) is 0 Å². The van der Waals surface area contributed by atoms with Gasteiger partial charge in [0.2, 0.25) is 0 Å². The molecule has 120 valence electrons. The van der Waals surface area contributed by atoms with Crippen LogP contribution in [0, 0.1) is 0 Å². The number of rotatable bonds is 1. The minimum atomic E-state index is -2.75. The van der Waals surface area contributed by atoms with Gasteiger partial charge in [0.05, 0.1) is 19.8 Å². The van der Waals surface area contributed by atoms with Crippen LogP contribution >= 0.6 is 56.7 Å². The molecule has 0 radical (unpaired) electrons. The zero-order valence-corrected chi connectivity index (χ0v) is 15.8. The third kappa shape index (κ3) is 4.49. The van der Waals surface area contributed by atoms with E-state index in [1.807, 2.05) is 17.0 Å². The second kappa shape index (κ2) is 8.37. The SMILES string of the molecule is Cl.Cl.[2H]C1([2H])CC(N2CNc3c(Br)cc(Br)cc3C2)CC([2H])([2H])C1([2H])O. The summed E-state index contributed by atoms with van der Waals surface area (Å²) >= 11 is 6.97. The van der Waals surface area contributed by atoms with E-state index in [0.29, 0.717) is 13.2 Å². The van der Waals surface area contributed by atoms with E-state index in [1.54, 1.807) is 0 Å². The number of nitrogens with zero attached hydrogens (tertiary/aromatic N) is 1. The normalized spacial score (nSPS) is 36.9. The Morgan fingerprint density at radius 3 is 2.62 bits per heavy atom. The lowest BCUT2D eigenvalue weighted by Crippen LogP contribution is -2.43. The van der Waals surface area contributed by atoms with E-state index in [4.69, 9.17) is 6.85 Å². The van der Waals surface area contributed by atoms with Crippen LogP contribution in [0.25, 0.3) is 0 Å². The Bertz CT molecular complexity index is 661. The second-order valence-corrected chi connectivity index (χ2v) is 6.54. The molecule has 1 aliphatic heterocycles. The Hall–Kier alpha value is 0.480. The van der Waals surface area contributed by atoms with E-state index < -0.39 is 24.9 Å². The summed E-state index contributed by atoms with van der Waals surface area (Å²) in [6.45, 7) is 1.01. The highest BCUT2D eigenvalue weighted by Crippen LogP contribution is 2.35. The van der Waals surface area contributed by atoms with Crippen LogP contribution in [0.15, 0.2) is 21.1 Å². The summed E-state index contributed by atoms with van der Waals surface area (Å²) in [6, 6.07) is 3.52. The molecule has 2 aliphatic rings. The molecule has 1 saturated carbocycles. The molecule has 1 aromatic rings. The zero-order chi connectivity index (χ0) is 17.9. The molecule has 3 nitrogen and oxygen atoms in total. The minimum Gasteiger partial charge on any atom is -0.393 e. The van der Waals surface area contributed by atoms with Gasteiger partial charge in [0.25, 0.3) is 0 Å². The maximum absolute atomic E-state index is 10.0. The zero-order valence-electron chi connectivity index (χ0n) is 16.0. The first-order chi connectivity index (χ1) is 10.9. The van der Waals surface area contributed by atoms with Crippen molar-refractivity contribution in [3.05, 3.63) is 26.6 Å². The van der Waals surface area contributed by atoms with Gasteiger partial charge in [-0.05, 0) is 59.2 Å². The summed E-state index contributed by atoms with van der Waals surface area (Å²) in [6.07, 6.45) is -7.56. The molecule has 1 aliphatic carbocycles. The van der Waals surface area contributed by atoms with E-state index in [9.17, 15) is 5.11 Å². The molecule has 1 heterocycles. The maximum atomic E-state index is 10.0. The quantitative estimate of drug-likeness (QED) is 0.636. The van der Waals surface area contributed by atoms with E-state index in [2.05, 4.69) is 37.2 Å². The Kier molecular flexibility index (Phi) is 5.12. The van der Waals surface area contributed by atoms with Crippen molar-refractivity contribution in [3.8, 4) is 0 Å². The van der Waals surface area contributed by atoms with Gasteiger partial charge in [-0.15, -0.1) is 24.8 Å². The highest BCUT2D eigenvalue weighted by Gasteiger charge is 2.28. The average molecular weight is 468 g/mol. The maximum Gasteiger partial charge on any atom is 0.0684 e. The van der Waals surface area contributed by atoms with Crippen molar-refractivity contribution in [1.82, 2.24) is 4.90 Å². The second-order valence-electron chi connectivity index (χ2n) is 4.77. The molecule has 0 bridgehead atoms. The fraction of sp³-hybridized carbons (Fsp3) is 0.571. The number of nitrogens with one attached hydrogen (secondary N) is 1. The standard InChI is InChI=1S/C14H18Br2N2O.2ClH/c15-10-5-9-7-18(8-17-14(9)13(16)6-10)11-1-3-12(19)4-2-11;;/h5-6,11-12,17,19H,1-4,7-8H2;2*1H/i3D2,4D2,12D;;. The van der Waals surface area contributed by atoms with Crippen molar-refractivity contribution < 1.29 is 12.0 Å². The molecule has 1 fully saturated rings. The lowest BCUT2D eigenvalue weighted by Gasteiger charge is -2.39. The molecule has 0 atom stereocenters. The molecule has 1 aromatic carbocycles. The molecule has 2 N–H and O–H groups in total. The minimum absolute atomic E-state index is 0. The van der Waals surface area contributed by atoms with Gasteiger partial charge in [-0.25, -0.2) is 0 Å². The summed E-state index contributed by atoms with van der Waals surface area (Å²) in [4.78, 5) is 1.96. The van der Waals surface area contributed by atoms with Gasteiger partial charge < -0.3 is 10.4 Å². The first-order valence-electron chi connectivity index (χ1n) is 8.63. The number of halogens is 4. The number of aliphatic hydroxyl groups is 1. The fourth-order valence-corrected chi connectivity index (χ4v) is 3.94. The van der Waals surface area contributed by atoms with Crippen LogP contribution < -0.4 is 5.32 Å². The van der Waals surface area contributed by atoms with Crippen LogP contribution in [0.4, 0.5) is 5.69 Å². The Balaban J connectivity index is 0.00000169. The van der Waals surface area contributed by atoms with Gasteiger partial charge in [-0.3, -0.25) is 4.90 Å². The van der Waals surface area contributed by atoms with E-state index >= 15 is 0 Å². The summed E-state index contributed by atoms with van der Waals surface area (Å²) in [7, 11) is 0. The highest BCUT2D eigenvalue weighted by molar-refractivity contribution is 9.11. The molecular weight excluding hydrogens is 443 g/mol. The van der Waals surface area contributed by atoms with Crippen LogP contribution in [0.1, 0.15) is 38.0 Å². The van der Waals surface area contributed by atoms with Gasteiger partial charge >= 0.3 is 0 Å². The molecule has 7 heteroatoms. The van der Waals surface area contributed by atoms with Crippen LogP contribution in [0.5, 0.6) is 0 Å². The van der Waals surface area contributed by atoms with Crippen LogP contribution in [0.2, 0.25) is 0 Å². The van der Waals surface area contributed by atoms with Crippen molar-refractivity contribution in [2.45, 2.75) is 44.3 Å². The number of hydrogen-bond acceptors (Lipinski definition) is 3. The van der Waals surface area contributed by atoms with Crippen LogP contribution in [-0.4, -0.2) is 28.8 Å². The molecule has 3 rings (SSSR count). The lowest BCUT2D eigenvalue weighted by atomic mass is 9.91. The van der Waals surface area contributed by atoms with Crippen molar-refractivity contribution in [2.24, 2.45) is 0 Å². The predicted molar refractivity (Wildman–Crippen MR) is 98.6 cm³/mol. The first-order valence-corrected chi connectivity index (χ1v) is 7.71. The summed E-state index contributed by atoms with van der Waals surface area (Å²) in [5.41, 5.74) is 2.00. The number of hydrogen-bond donors (Lipinski definition) is 2. The van der Waals surface area contributed by atoms with Crippen molar-refractivity contribution in [2.75, 3.05) is 12.0 Å². The summed E-state index contributed by atoms with van der Waals surface area (Å²) in [5.74, 6) is 0. The molecule has 0 aromatic heterocycles. The van der Waals surface area contributed by atoms with E-state index in [-0.39, 0.29) is 37.7 Å². The van der Waals surface area contributed by atoms with Gasteiger partial charge in [0.1, 0.15) is 0 Å². The van der Waals surface area contributed by atoms with Crippen molar-refractivity contribution in [3.63, 3.8) is 0 Å². The van der Waals surface area contributed by atoms with Gasteiger partial charge in [-0.1, -0.05) is 15.9 Å². The summed E-state index contributed by atoms with van der Waals surface area (Å²) in [5, 5.41) is 13.3. The predicted octanol–water partition coefficient (Wildman–Crippen LogP) is 4.54. The molecule has 0 spiro atoms. The third-order valence-electron chi connectivity index (χ3n) is 3.50. The third-order valence-corrected chi connectivity index (χ3v) is 4.58. The van der Waals surface area contributed by atoms with Crippen molar-refractivity contribution in [1.29, 1.82) is 0 Å². The summed E-state index contributed by atoms with van der Waals surface area (Å²) < 4.78 is 41.5. The highest BCUT2D eigenvalue weighted by atomic mass is 79.9. The first kappa shape index (κ1) is 12.8. The average Bonchev–Trinajstić information content (AvgIpc) is 2.43. The van der Waals surface area contributed by atoms with Crippen LogP contribution in [-0.2, 0) is 6.54 Å². The van der Waals surface area contributed by atoms with Gasteiger partial charge in [0, 0.05) is 27.0 Å². The lowest BCUT2D eigenvalue weighted by molar-refractivity contribution is 0.0721. The molecule has 0 saturated heterocycles. The molecular formula is C14H20Br2Cl2N2O. The van der Waals surface area contributed by atoms with Crippen molar-refractivity contribution >= 4 is 62.4 Å². The smallest absolute Gasteiger partial charge is 0.0684 e. The Morgan fingerprint density at radius 1 is 1.29 bits per heavy atom. The van der Waals surface area contributed by atoms with Crippen LogP contribution in [0.3, 0.4) is 0 Å². The Labute approximate surface area is 162 Å². The Morgan fingerprint density at radius 2 is 1.95 bits per heavy atom. The molecule has 0 unspecified atom stereocenters. The molecule has 0 amide bonds. The number of fused-ring (bicyclic) bond motifs is 1. The fourth-order valence-electron chi connectivity index (χ4n) is 2.48.